The summed E-state index contributed by atoms with van der Waals surface area (Å²) < 4.78 is 31.6. The molecule has 0 heterocycles. The summed E-state index contributed by atoms with van der Waals surface area (Å²) in [6.45, 7) is 7.51. The molecule has 2 atom stereocenters. The van der Waals surface area contributed by atoms with Gasteiger partial charge in [0.25, 0.3) is 0 Å². The fraction of sp³-hybridized carbons (Fsp3) is 0.435. The van der Waals surface area contributed by atoms with Gasteiger partial charge in [-0.05, 0) is 61.6 Å². The first-order chi connectivity index (χ1) is 14.4. The number of amides is 1. The van der Waals surface area contributed by atoms with Crippen LogP contribution in [0.1, 0.15) is 44.4 Å². The number of nitrogens with zero attached hydrogens (tertiary/aromatic N) is 1. The van der Waals surface area contributed by atoms with Crippen molar-refractivity contribution in [1.29, 1.82) is 0 Å². The summed E-state index contributed by atoms with van der Waals surface area (Å²) >= 11 is 6.11. The number of sulfonamides is 1. The van der Waals surface area contributed by atoms with E-state index in [-0.39, 0.29) is 11.9 Å². The van der Waals surface area contributed by atoms with Crippen molar-refractivity contribution in [3.63, 3.8) is 0 Å². The lowest BCUT2D eigenvalue weighted by molar-refractivity contribution is -0.122. The van der Waals surface area contributed by atoms with E-state index in [0.717, 1.165) is 21.9 Å². The van der Waals surface area contributed by atoms with Crippen LogP contribution in [0, 0.1) is 12.8 Å². The van der Waals surface area contributed by atoms with Crippen molar-refractivity contribution >= 4 is 33.2 Å². The summed E-state index contributed by atoms with van der Waals surface area (Å²) in [7, 11) is -2.14. The number of hydrogen-bond acceptors (Lipinski definition) is 4. The van der Waals surface area contributed by atoms with E-state index in [1.54, 1.807) is 39.2 Å². The Morgan fingerprint density at radius 3 is 2.26 bits per heavy atom. The first-order valence-corrected chi connectivity index (χ1v) is 12.4. The van der Waals surface area contributed by atoms with Gasteiger partial charge in [-0.2, -0.15) is 0 Å². The van der Waals surface area contributed by atoms with Crippen molar-refractivity contribution in [2.45, 2.75) is 46.2 Å². The molecule has 0 bridgehead atoms. The van der Waals surface area contributed by atoms with Crippen LogP contribution in [0.2, 0.25) is 5.02 Å². The highest BCUT2D eigenvalue weighted by Gasteiger charge is 2.31. The molecule has 0 radical (unpaired) electrons. The lowest BCUT2D eigenvalue weighted by Gasteiger charge is -2.31. The number of anilines is 1. The standard InChI is InChI=1S/C23H31ClN2O4S/c1-15(2)13-21(18-8-11-20(30-5)12-9-18)25-23(27)17(4)26(31(6,28)29)22-14-19(24)10-7-16(22)3/h7-12,14-15,17,21H,13H2,1-6H3,(H,25,27)/t17-,21-/m0/s1. The van der Waals surface area contributed by atoms with Gasteiger partial charge in [0.2, 0.25) is 15.9 Å². The minimum absolute atomic E-state index is 0.261. The number of benzene rings is 2. The maximum Gasteiger partial charge on any atom is 0.244 e. The molecule has 0 aliphatic rings. The van der Waals surface area contributed by atoms with Crippen LogP contribution in [0.15, 0.2) is 42.5 Å². The van der Waals surface area contributed by atoms with Crippen molar-refractivity contribution < 1.29 is 17.9 Å². The number of hydrogen-bond donors (Lipinski definition) is 1. The van der Waals surface area contributed by atoms with Crippen molar-refractivity contribution in [1.82, 2.24) is 5.32 Å². The summed E-state index contributed by atoms with van der Waals surface area (Å²) in [6.07, 6.45) is 1.80. The fourth-order valence-electron chi connectivity index (χ4n) is 3.48. The second kappa shape index (κ2) is 10.4. The normalized spacial score (nSPS) is 13.5. The topological polar surface area (TPSA) is 75.7 Å². The minimum Gasteiger partial charge on any atom is -0.497 e. The van der Waals surface area contributed by atoms with Crippen molar-refractivity contribution in [3.05, 3.63) is 58.6 Å². The van der Waals surface area contributed by atoms with E-state index >= 15 is 0 Å². The summed E-state index contributed by atoms with van der Waals surface area (Å²) in [4.78, 5) is 13.2. The number of carbonyl (C=O) groups is 1. The molecule has 0 spiro atoms. The molecule has 2 rings (SSSR count). The van der Waals surface area contributed by atoms with Crippen LogP contribution in [0.4, 0.5) is 5.69 Å². The van der Waals surface area contributed by atoms with E-state index in [0.29, 0.717) is 28.6 Å². The Balaban J connectivity index is 2.36. The van der Waals surface area contributed by atoms with E-state index in [9.17, 15) is 13.2 Å². The predicted octanol–water partition coefficient (Wildman–Crippen LogP) is 4.72. The second-order valence-electron chi connectivity index (χ2n) is 8.13. The molecule has 170 valence electrons. The minimum atomic E-state index is -3.74. The van der Waals surface area contributed by atoms with Crippen molar-refractivity contribution in [2.75, 3.05) is 17.7 Å². The average molecular weight is 467 g/mol. The molecule has 8 heteroatoms. The van der Waals surface area contributed by atoms with Gasteiger partial charge in [-0.1, -0.05) is 43.6 Å². The van der Waals surface area contributed by atoms with E-state index in [1.807, 2.05) is 24.3 Å². The fourth-order valence-corrected chi connectivity index (χ4v) is 4.87. The predicted molar refractivity (Wildman–Crippen MR) is 126 cm³/mol. The van der Waals surface area contributed by atoms with E-state index in [2.05, 4.69) is 19.2 Å². The van der Waals surface area contributed by atoms with Gasteiger partial charge in [-0.15, -0.1) is 0 Å². The first-order valence-electron chi connectivity index (χ1n) is 10.1. The SMILES string of the molecule is COc1ccc([C@H](CC(C)C)NC(=O)[C@H](C)N(c2cc(Cl)ccc2C)S(C)(=O)=O)cc1. The largest absolute Gasteiger partial charge is 0.497 e. The molecule has 1 amide bonds. The molecule has 0 aliphatic heterocycles. The van der Waals surface area contributed by atoms with Crippen molar-refractivity contribution in [2.24, 2.45) is 5.92 Å². The molecule has 0 unspecified atom stereocenters. The zero-order chi connectivity index (χ0) is 23.3. The lowest BCUT2D eigenvalue weighted by atomic mass is 9.96. The number of nitrogens with one attached hydrogen (secondary N) is 1. The van der Waals surface area contributed by atoms with Gasteiger partial charge in [0, 0.05) is 5.02 Å². The zero-order valence-electron chi connectivity index (χ0n) is 18.8. The molecule has 0 saturated heterocycles. The maximum atomic E-state index is 13.2. The average Bonchev–Trinajstić information content (AvgIpc) is 2.68. The van der Waals surface area contributed by atoms with E-state index in [4.69, 9.17) is 16.3 Å². The number of carbonyl (C=O) groups excluding carboxylic acids is 1. The number of aryl methyl sites for hydroxylation is 1. The monoisotopic (exact) mass is 466 g/mol. The van der Waals surface area contributed by atoms with Gasteiger partial charge in [-0.3, -0.25) is 9.10 Å². The molecule has 0 fully saturated rings. The Kier molecular flexibility index (Phi) is 8.37. The molecular weight excluding hydrogens is 436 g/mol. The lowest BCUT2D eigenvalue weighted by Crippen LogP contribution is -2.49. The molecule has 31 heavy (non-hydrogen) atoms. The number of ether oxygens (including phenoxy) is 1. The molecular formula is C23H31ClN2O4S. The highest BCUT2D eigenvalue weighted by Crippen LogP contribution is 2.29. The zero-order valence-corrected chi connectivity index (χ0v) is 20.4. The Morgan fingerprint density at radius 2 is 1.74 bits per heavy atom. The van der Waals surface area contributed by atoms with Crippen LogP contribution in [0.5, 0.6) is 5.75 Å². The third kappa shape index (κ3) is 6.61. The number of halogens is 1. The molecule has 0 saturated carbocycles. The van der Waals surface area contributed by atoms with Crippen LogP contribution < -0.4 is 14.4 Å². The molecule has 0 aliphatic carbocycles. The van der Waals surface area contributed by atoms with Gasteiger partial charge in [-0.25, -0.2) is 8.42 Å². The van der Waals surface area contributed by atoms with Crippen LogP contribution in [-0.4, -0.2) is 33.7 Å². The highest BCUT2D eigenvalue weighted by atomic mass is 35.5. The van der Waals surface area contributed by atoms with Crippen LogP contribution in [0.25, 0.3) is 0 Å². The van der Waals surface area contributed by atoms with Crippen molar-refractivity contribution in [3.8, 4) is 5.75 Å². The Labute approximate surface area is 190 Å². The maximum absolute atomic E-state index is 13.2. The molecule has 1 N–H and O–H groups in total. The summed E-state index contributed by atoms with van der Waals surface area (Å²) in [5, 5.41) is 3.44. The van der Waals surface area contributed by atoms with Crippen LogP contribution in [-0.2, 0) is 14.8 Å². The van der Waals surface area contributed by atoms with Gasteiger partial charge in [0.15, 0.2) is 0 Å². The van der Waals surface area contributed by atoms with Gasteiger partial charge >= 0.3 is 0 Å². The molecule has 0 aromatic heterocycles. The molecule has 2 aromatic rings. The second-order valence-corrected chi connectivity index (χ2v) is 10.4. The summed E-state index contributed by atoms with van der Waals surface area (Å²) in [6, 6.07) is 11.3. The third-order valence-electron chi connectivity index (χ3n) is 5.04. The van der Waals surface area contributed by atoms with Crippen LogP contribution >= 0.6 is 11.6 Å². The Bertz CT molecular complexity index is 1010. The quantitative estimate of drug-likeness (QED) is 0.580. The Hall–Kier alpha value is -2.25. The Morgan fingerprint density at radius 1 is 1.13 bits per heavy atom. The van der Waals surface area contributed by atoms with E-state index < -0.39 is 16.1 Å². The third-order valence-corrected chi connectivity index (χ3v) is 6.50. The molecule has 2 aromatic carbocycles. The van der Waals surface area contributed by atoms with E-state index in [1.165, 1.54) is 0 Å². The number of methoxy groups -OCH3 is 1. The molecule has 6 nitrogen and oxygen atoms in total. The van der Waals surface area contributed by atoms with Gasteiger partial charge in [0.1, 0.15) is 11.8 Å². The first kappa shape index (κ1) is 25.0. The van der Waals surface area contributed by atoms with Gasteiger partial charge in [0.05, 0.1) is 25.1 Å². The summed E-state index contributed by atoms with van der Waals surface area (Å²) in [5.74, 6) is 0.668. The highest BCUT2D eigenvalue weighted by molar-refractivity contribution is 7.92. The summed E-state index contributed by atoms with van der Waals surface area (Å²) in [5.41, 5.74) is 2.03. The smallest absolute Gasteiger partial charge is 0.244 e. The van der Waals surface area contributed by atoms with Crippen LogP contribution in [0.3, 0.4) is 0 Å². The van der Waals surface area contributed by atoms with Gasteiger partial charge < -0.3 is 10.1 Å². The number of rotatable bonds is 9.